The topological polar surface area (TPSA) is 29.1 Å². The molecule has 1 amide bonds. The van der Waals surface area contributed by atoms with E-state index in [4.69, 9.17) is 0 Å². The van der Waals surface area contributed by atoms with E-state index in [1.165, 1.54) is 0 Å². The summed E-state index contributed by atoms with van der Waals surface area (Å²) in [6.45, 7) is 2.22. The number of benzene rings is 1. The summed E-state index contributed by atoms with van der Waals surface area (Å²) in [6.07, 6.45) is 2.24. The van der Waals surface area contributed by atoms with Gasteiger partial charge in [0, 0.05) is 15.2 Å². The molecule has 1 aliphatic carbocycles. The SMILES string of the molecule is CC1CC(NC(=O)c2cccc(I)c2)C1. The van der Waals surface area contributed by atoms with E-state index in [0.29, 0.717) is 6.04 Å². The molecule has 1 aromatic rings. The van der Waals surface area contributed by atoms with Gasteiger partial charge in [0.1, 0.15) is 0 Å². The molecule has 1 aromatic carbocycles. The highest BCUT2D eigenvalue weighted by molar-refractivity contribution is 14.1. The molecule has 1 saturated carbocycles. The lowest BCUT2D eigenvalue weighted by Gasteiger charge is -2.33. The van der Waals surface area contributed by atoms with Crippen molar-refractivity contribution in [1.82, 2.24) is 5.32 Å². The first-order chi connectivity index (χ1) is 7.15. The largest absolute Gasteiger partial charge is 0.349 e. The van der Waals surface area contributed by atoms with Crippen molar-refractivity contribution in [2.24, 2.45) is 5.92 Å². The molecule has 80 valence electrons. The van der Waals surface area contributed by atoms with E-state index in [0.717, 1.165) is 27.9 Å². The molecule has 3 heteroatoms. The fraction of sp³-hybridized carbons (Fsp3) is 0.417. The highest BCUT2D eigenvalue weighted by Crippen LogP contribution is 2.26. The van der Waals surface area contributed by atoms with Crippen molar-refractivity contribution in [2.75, 3.05) is 0 Å². The van der Waals surface area contributed by atoms with Gasteiger partial charge < -0.3 is 5.32 Å². The minimum Gasteiger partial charge on any atom is -0.349 e. The van der Waals surface area contributed by atoms with Crippen LogP contribution in [0.1, 0.15) is 30.1 Å². The van der Waals surface area contributed by atoms with E-state index in [2.05, 4.69) is 34.8 Å². The second kappa shape index (κ2) is 4.51. The zero-order chi connectivity index (χ0) is 10.8. The molecule has 0 spiro atoms. The first kappa shape index (κ1) is 10.9. The van der Waals surface area contributed by atoms with E-state index >= 15 is 0 Å². The molecule has 2 nitrogen and oxygen atoms in total. The van der Waals surface area contributed by atoms with Crippen molar-refractivity contribution in [3.8, 4) is 0 Å². The number of hydrogen-bond donors (Lipinski definition) is 1. The van der Waals surface area contributed by atoms with Crippen LogP contribution in [0.15, 0.2) is 24.3 Å². The Morgan fingerprint density at radius 3 is 2.80 bits per heavy atom. The summed E-state index contributed by atoms with van der Waals surface area (Å²) >= 11 is 2.22. The van der Waals surface area contributed by atoms with Gasteiger partial charge in [0.05, 0.1) is 0 Å². The zero-order valence-electron chi connectivity index (χ0n) is 8.66. The summed E-state index contributed by atoms with van der Waals surface area (Å²) in [5.41, 5.74) is 0.765. The molecule has 1 fully saturated rings. The summed E-state index contributed by atoms with van der Waals surface area (Å²) in [5, 5.41) is 3.05. The molecule has 1 aliphatic rings. The van der Waals surface area contributed by atoms with Gasteiger partial charge in [-0.25, -0.2) is 0 Å². The summed E-state index contributed by atoms with van der Waals surface area (Å²) in [6, 6.07) is 8.07. The van der Waals surface area contributed by atoms with E-state index in [1.54, 1.807) is 0 Å². The van der Waals surface area contributed by atoms with Crippen LogP contribution in [-0.2, 0) is 0 Å². The lowest BCUT2D eigenvalue weighted by molar-refractivity contribution is 0.0896. The fourth-order valence-electron chi connectivity index (χ4n) is 1.92. The van der Waals surface area contributed by atoms with Gasteiger partial charge in [0.2, 0.25) is 0 Å². The van der Waals surface area contributed by atoms with Crippen LogP contribution in [0.4, 0.5) is 0 Å². The minimum absolute atomic E-state index is 0.0606. The summed E-state index contributed by atoms with van der Waals surface area (Å²) in [7, 11) is 0. The first-order valence-corrected chi connectivity index (χ1v) is 6.29. The van der Waals surface area contributed by atoms with Crippen LogP contribution in [0.25, 0.3) is 0 Å². The predicted octanol–water partition coefficient (Wildman–Crippen LogP) is 2.82. The second-order valence-corrected chi connectivity index (χ2v) is 5.50. The molecule has 15 heavy (non-hydrogen) atoms. The van der Waals surface area contributed by atoms with E-state index in [1.807, 2.05) is 24.3 Å². The van der Waals surface area contributed by atoms with Crippen molar-refractivity contribution in [1.29, 1.82) is 0 Å². The van der Waals surface area contributed by atoms with Gasteiger partial charge in [-0.1, -0.05) is 13.0 Å². The molecule has 0 aliphatic heterocycles. The average molecular weight is 315 g/mol. The average Bonchev–Trinajstić information content (AvgIpc) is 2.15. The predicted molar refractivity (Wildman–Crippen MR) is 68.8 cm³/mol. The van der Waals surface area contributed by atoms with Gasteiger partial charge in [0.15, 0.2) is 0 Å². The van der Waals surface area contributed by atoms with Crippen molar-refractivity contribution in [2.45, 2.75) is 25.8 Å². The van der Waals surface area contributed by atoms with Crippen molar-refractivity contribution >= 4 is 28.5 Å². The molecule has 1 N–H and O–H groups in total. The molecule has 0 heterocycles. The Bertz CT molecular complexity index is 372. The Morgan fingerprint density at radius 1 is 1.47 bits per heavy atom. The number of amides is 1. The molecule has 2 rings (SSSR count). The van der Waals surface area contributed by atoms with Crippen LogP contribution in [-0.4, -0.2) is 11.9 Å². The molecule has 0 radical (unpaired) electrons. The third-order valence-electron chi connectivity index (χ3n) is 2.80. The van der Waals surface area contributed by atoms with Crippen molar-refractivity contribution in [3.63, 3.8) is 0 Å². The van der Waals surface area contributed by atoms with E-state index in [-0.39, 0.29) is 5.91 Å². The Labute approximate surface area is 104 Å². The van der Waals surface area contributed by atoms with Crippen molar-refractivity contribution < 1.29 is 4.79 Å². The number of halogens is 1. The summed E-state index contributed by atoms with van der Waals surface area (Å²) in [4.78, 5) is 11.8. The molecule has 0 bridgehead atoms. The Hall–Kier alpha value is -0.580. The van der Waals surface area contributed by atoms with Gasteiger partial charge in [-0.05, 0) is 59.5 Å². The highest BCUT2D eigenvalue weighted by atomic mass is 127. The van der Waals surface area contributed by atoms with Gasteiger partial charge in [-0.2, -0.15) is 0 Å². The summed E-state index contributed by atoms with van der Waals surface area (Å²) in [5.74, 6) is 0.830. The Balaban J connectivity index is 1.96. The summed E-state index contributed by atoms with van der Waals surface area (Å²) < 4.78 is 1.10. The quantitative estimate of drug-likeness (QED) is 0.836. The van der Waals surface area contributed by atoms with Gasteiger partial charge in [-0.15, -0.1) is 0 Å². The maximum Gasteiger partial charge on any atom is 0.251 e. The first-order valence-electron chi connectivity index (χ1n) is 5.21. The minimum atomic E-state index is 0.0606. The molecule has 0 aromatic heterocycles. The zero-order valence-corrected chi connectivity index (χ0v) is 10.8. The molecule has 0 unspecified atom stereocenters. The monoisotopic (exact) mass is 315 g/mol. The third kappa shape index (κ3) is 2.71. The molecular formula is C12H14INO. The Kier molecular flexibility index (Phi) is 3.29. The molecule has 0 atom stereocenters. The number of hydrogen-bond acceptors (Lipinski definition) is 1. The van der Waals surface area contributed by atoms with E-state index < -0.39 is 0 Å². The van der Waals surface area contributed by atoms with Gasteiger partial charge in [-0.3, -0.25) is 4.79 Å². The Morgan fingerprint density at radius 2 is 2.20 bits per heavy atom. The third-order valence-corrected chi connectivity index (χ3v) is 3.47. The number of carbonyl (C=O) groups excluding carboxylic acids is 1. The van der Waals surface area contributed by atoms with Crippen molar-refractivity contribution in [3.05, 3.63) is 33.4 Å². The number of rotatable bonds is 2. The smallest absolute Gasteiger partial charge is 0.251 e. The molecule has 0 saturated heterocycles. The number of carbonyl (C=O) groups is 1. The van der Waals surface area contributed by atoms with Crippen LogP contribution in [0.3, 0.4) is 0 Å². The van der Waals surface area contributed by atoms with Crippen LogP contribution < -0.4 is 5.32 Å². The van der Waals surface area contributed by atoms with Gasteiger partial charge in [0.25, 0.3) is 5.91 Å². The molecular weight excluding hydrogens is 301 g/mol. The van der Waals surface area contributed by atoms with E-state index in [9.17, 15) is 4.79 Å². The lowest BCUT2D eigenvalue weighted by atomic mass is 9.82. The van der Waals surface area contributed by atoms with Crippen LogP contribution in [0.5, 0.6) is 0 Å². The standard InChI is InChI=1S/C12H14INO/c1-8-5-11(6-8)14-12(15)9-3-2-4-10(13)7-9/h2-4,7-8,11H,5-6H2,1H3,(H,14,15). The lowest BCUT2D eigenvalue weighted by Crippen LogP contribution is -2.43. The highest BCUT2D eigenvalue weighted by Gasteiger charge is 2.26. The second-order valence-electron chi connectivity index (χ2n) is 4.26. The van der Waals surface area contributed by atoms with Crippen LogP contribution in [0, 0.1) is 9.49 Å². The maximum atomic E-state index is 11.8. The van der Waals surface area contributed by atoms with Crippen LogP contribution >= 0.6 is 22.6 Å². The van der Waals surface area contributed by atoms with Gasteiger partial charge >= 0.3 is 0 Å². The number of nitrogens with one attached hydrogen (secondary N) is 1. The maximum absolute atomic E-state index is 11.8. The fourth-order valence-corrected chi connectivity index (χ4v) is 2.46. The van der Waals surface area contributed by atoms with Crippen LogP contribution in [0.2, 0.25) is 0 Å². The normalized spacial score (nSPS) is 24.4.